The first kappa shape index (κ1) is 9.76. The van der Waals surface area contributed by atoms with E-state index in [1.807, 2.05) is 0 Å². The molecular weight excluding hydrogens is 177 g/mol. The lowest BCUT2D eigenvalue weighted by Gasteiger charge is -2.32. The molecule has 71 valence electrons. The molecule has 1 heterocycles. The molecule has 0 saturated carbocycles. The summed E-state index contributed by atoms with van der Waals surface area (Å²) in [5.74, 6) is 0. The minimum absolute atomic E-state index is 0.0895. The number of hydrogen-bond acceptors (Lipinski definition) is 3. The molecule has 1 radical (unpaired) electrons. The maximum Gasteiger partial charge on any atom is 0.417 e. The van der Waals surface area contributed by atoms with Crippen LogP contribution in [0.2, 0.25) is 0 Å². The zero-order chi connectivity index (χ0) is 9.35. The second kappa shape index (κ2) is 3.20. The molecule has 0 unspecified atom stereocenters. The highest BCUT2D eigenvalue weighted by atomic mass is 19.4. The topological polar surface area (TPSA) is 49.7 Å². The molecule has 1 aliphatic heterocycles. The molecule has 1 rings (SSSR count). The van der Waals surface area contributed by atoms with Crippen molar-refractivity contribution < 1.29 is 28.1 Å². The summed E-state index contributed by atoms with van der Waals surface area (Å²) in [5, 5.41) is 17.7. The highest BCUT2D eigenvalue weighted by molar-refractivity contribution is 4.88. The summed E-state index contributed by atoms with van der Waals surface area (Å²) in [6.07, 6.45) is -10.3. The fourth-order valence-electron chi connectivity index (χ4n) is 0.950. The van der Waals surface area contributed by atoms with E-state index < -0.39 is 24.5 Å². The largest absolute Gasteiger partial charge is 0.417 e. The molecule has 0 spiro atoms. The van der Waals surface area contributed by atoms with E-state index in [4.69, 9.17) is 10.2 Å². The van der Waals surface area contributed by atoms with E-state index in [0.717, 1.165) is 6.61 Å². The molecule has 3 nitrogen and oxygen atoms in total. The van der Waals surface area contributed by atoms with Gasteiger partial charge in [-0.15, -0.1) is 0 Å². The van der Waals surface area contributed by atoms with Crippen molar-refractivity contribution in [2.75, 3.05) is 0 Å². The molecule has 0 aliphatic carbocycles. The molecule has 1 aliphatic rings. The van der Waals surface area contributed by atoms with E-state index in [1.165, 1.54) is 0 Å². The zero-order valence-corrected chi connectivity index (χ0v) is 5.95. The van der Waals surface area contributed by atoms with Crippen molar-refractivity contribution in [3.8, 4) is 0 Å². The Balaban J connectivity index is 2.64. The molecule has 0 bridgehead atoms. The van der Waals surface area contributed by atoms with Gasteiger partial charge in [0.05, 0.1) is 12.7 Å². The maximum absolute atomic E-state index is 11.9. The monoisotopic (exact) mass is 185 g/mol. The molecule has 12 heavy (non-hydrogen) atoms. The number of aliphatic hydroxyl groups is 2. The fourth-order valence-corrected chi connectivity index (χ4v) is 0.950. The average Bonchev–Trinajstić information content (AvgIpc) is 1.92. The summed E-state index contributed by atoms with van der Waals surface area (Å²) in [6, 6.07) is 0. The van der Waals surface area contributed by atoms with Gasteiger partial charge in [-0.25, -0.2) is 0 Å². The molecule has 6 heteroatoms. The lowest BCUT2D eigenvalue weighted by atomic mass is 10.0. The van der Waals surface area contributed by atoms with E-state index in [-0.39, 0.29) is 6.42 Å². The summed E-state index contributed by atoms with van der Waals surface area (Å²) in [6.45, 7) is 0.857. The van der Waals surface area contributed by atoms with Gasteiger partial charge in [0, 0.05) is 6.42 Å². The van der Waals surface area contributed by atoms with Crippen molar-refractivity contribution in [2.45, 2.75) is 30.9 Å². The Hall–Kier alpha value is -0.330. The van der Waals surface area contributed by atoms with E-state index in [9.17, 15) is 13.2 Å². The van der Waals surface area contributed by atoms with Crippen molar-refractivity contribution in [2.24, 2.45) is 0 Å². The average molecular weight is 185 g/mol. The van der Waals surface area contributed by atoms with Gasteiger partial charge >= 0.3 is 6.18 Å². The maximum atomic E-state index is 11.9. The number of ether oxygens (including phenoxy) is 1. The van der Waals surface area contributed by atoms with Crippen LogP contribution < -0.4 is 0 Å². The van der Waals surface area contributed by atoms with Crippen LogP contribution in [-0.2, 0) is 4.74 Å². The minimum Gasteiger partial charge on any atom is -0.390 e. The van der Waals surface area contributed by atoms with E-state index in [2.05, 4.69) is 4.74 Å². The Morgan fingerprint density at radius 1 is 1.33 bits per heavy atom. The Morgan fingerprint density at radius 2 is 1.92 bits per heavy atom. The minimum atomic E-state index is -4.64. The number of rotatable bonds is 0. The summed E-state index contributed by atoms with van der Waals surface area (Å²) in [7, 11) is 0. The van der Waals surface area contributed by atoms with Crippen LogP contribution in [0.1, 0.15) is 6.42 Å². The van der Waals surface area contributed by atoms with Crippen LogP contribution in [0.15, 0.2) is 0 Å². The summed E-state index contributed by atoms with van der Waals surface area (Å²) < 4.78 is 40.0. The van der Waals surface area contributed by atoms with Crippen LogP contribution in [0.5, 0.6) is 0 Å². The first-order valence-electron chi connectivity index (χ1n) is 3.33. The first-order valence-corrected chi connectivity index (χ1v) is 3.33. The van der Waals surface area contributed by atoms with Gasteiger partial charge in [-0.05, 0) is 0 Å². The molecule has 0 aromatic rings. The highest BCUT2D eigenvalue weighted by Gasteiger charge is 2.49. The van der Waals surface area contributed by atoms with Gasteiger partial charge in [-0.3, -0.25) is 0 Å². The Labute approximate surface area is 66.8 Å². The Bertz CT molecular complexity index is 159. The predicted molar refractivity (Wildman–Crippen MR) is 31.9 cm³/mol. The van der Waals surface area contributed by atoms with E-state index in [1.54, 1.807) is 0 Å². The number of aliphatic hydroxyl groups excluding tert-OH is 2. The Morgan fingerprint density at radius 3 is 2.33 bits per heavy atom. The summed E-state index contributed by atoms with van der Waals surface area (Å²) >= 11 is 0. The molecule has 0 aromatic heterocycles. The smallest absolute Gasteiger partial charge is 0.390 e. The molecule has 1 fully saturated rings. The van der Waals surface area contributed by atoms with Crippen LogP contribution >= 0.6 is 0 Å². The third kappa shape index (κ3) is 1.88. The lowest BCUT2D eigenvalue weighted by molar-refractivity contribution is -0.262. The van der Waals surface area contributed by atoms with Gasteiger partial charge in [0.25, 0.3) is 0 Å². The van der Waals surface area contributed by atoms with E-state index >= 15 is 0 Å². The third-order valence-electron chi connectivity index (χ3n) is 1.61. The Kier molecular flexibility index (Phi) is 2.60. The van der Waals surface area contributed by atoms with Crippen molar-refractivity contribution >= 4 is 0 Å². The van der Waals surface area contributed by atoms with E-state index in [0.29, 0.717) is 0 Å². The van der Waals surface area contributed by atoms with Crippen LogP contribution in [0.25, 0.3) is 0 Å². The second-order valence-electron chi connectivity index (χ2n) is 2.56. The molecule has 0 aromatic carbocycles. The van der Waals surface area contributed by atoms with Gasteiger partial charge in [0.1, 0.15) is 6.10 Å². The zero-order valence-electron chi connectivity index (χ0n) is 5.95. The van der Waals surface area contributed by atoms with Gasteiger partial charge in [0.15, 0.2) is 6.10 Å². The van der Waals surface area contributed by atoms with Gasteiger partial charge in [-0.2, -0.15) is 13.2 Å². The van der Waals surface area contributed by atoms with Gasteiger partial charge in [-0.1, -0.05) is 0 Å². The second-order valence-corrected chi connectivity index (χ2v) is 2.56. The molecule has 2 N–H and O–H groups in total. The van der Waals surface area contributed by atoms with Crippen molar-refractivity contribution in [3.05, 3.63) is 6.61 Å². The highest BCUT2D eigenvalue weighted by Crippen LogP contribution is 2.31. The van der Waals surface area contributed by atoms with Crippen LogP contribution in [0.3, 0.4) is 0 Å². The van der Waals surface area contributed by atoms with Crippen LogP contribution in [0.4, 0.5) is 13.2 Å². The fraction of sp³-hybridized carbons (Fsp3) is 0.833. The number of alkyl halides is 3. The predicted octanol–water partition coefficient (Wildman–Crippen LogP) is 0.221. The lowest BCUT2D eigenvalue weighted by Crippen LogP contribution is -2.50. The number of halogens is 3. The molecule has 3 atom stereocenters. The molecule has 0 amide bonds. The van der Waals surface area contributed by atoms with Crippen molar-refractivity contribution in [1.29, 1.82) is 0 Å². The third-order valence-corrected chi connectivity index (χ3v) is 1.61. The first-order chi connectivity index (χ1) is 5.43. The normalized spacial score (nSPS) is 38.2. The van der Waals surface area contributed by atoms with Crippen LogP contribution in [0, 0.1) is 6.61 Å². The van der Waals surface area contributed by atoms with Crippen molar-refractivity contribution in [1.82, 2.24) is 0 Å². The SMILES string of the molecule is O[C@@H]1[C@H](O)C[CH]O[C@@H]1C(F)(F)F. The van der Waals surface area contributed by atoms with Crippen LogP contribution in [-0.4, -0.2) is 34.7 Å². The van der Waals surface area contributed by atoms with Gasteiger partial charge in [0.2, 0.25) is 0 Å². The number of hydrogen-bond donors (Lipinski definition) is 2. The summed E-state index contributed by atoms with van der Waals surface area (Å²) in [5.41, 5.74) is 0. The standard InChI is InChI=1S/C6H8F3O3/c7-6(8,9)5-4(11)3(10)1-2-12-5/h2-5,10-11H,1H2/t3-,4-,5+/m1/s1. The molecular formula is C6H8F3O3. The van der Waals surface area contributed by atoms with Crippen molar-refractivity contribution in [3.63, 3.8) is 0 Å². The molecule has 1 saturated heterocycles. The summed E-state index contributed by atoms with van der Waals surface area (Å²) in [4.78, 5) is 0. The quantitative estimate of drug-likeness (QED) is 0.567. The van der Waals surface area contributed by atoms with Gasteiger partial charge < -0.3 is 14.9 Å².